The molecule has 5 heteroatoms. The Morgan fingerprint density at radius 2 is 1.78 bits per heavy atom. The van der Waals surface area contributed by atoms with Crippen LogP contribution in [0.5, 0.6) is 11.5 Å². The maximum absolute atomic E-state index is 12.7. The Morgan fingerprint density at radius 1 is 1.00 bits per heavy atom. The number of nitrogens with zero attached hydrogens (tertiary/aromatic N) is 1. The van der Waals surface area contributed by atoms with E-state index in [9.17, 15) is 4.79 Å². The normalized spacial score (nSPS) is 17.5. The molecule has 2 aromatic rings. The molecule has 1 fully saturated rings. The van der Waals surface area contributed by atoms with Gasteiger partial charge in [-0.15, -0.1) is 0 Å². The zero-order valence-electron chi connectivity index (χ0n) is 15.5. The molecule has 1 N–H and O–H groups in total. The first kappa shape index (κ1) is 17.9. The summed E-state index contributed by atoms with van der Waals surface area (Å²) in [5.41, 5.74) is 1.92. The van der Waals surface area contributed by atoms with Gasteiger partial charge in [-0.2, -0.15) is 0 Å². The molecular weight excluding hydrogens is 340 g/mol. The quantitative estimate of drug-likeness (QED) is 0.853. The van der Waals surface area contributed by atoms with Crippen molar-refractivity contribution in [3.63, 3.8) is 0 Å². The van der Waals surface area contributed by atoms with Gasteiger partial charge in [-0.3, -0.25) is 9.69 Å². The average Bonchev–Trinajstić information content (AvgIpc) is 3.20. The molecule has 27 heavy (non-hydrogen) atoms. The number of fused-ring (bicyclic) bond motifs is 1. The van der Waals surface area contributed by atoms with E-state index in [-0.39, 0.29) is 12.7 Å². The summed E-state index contributed by atoms with van der Waals surface area (Å²) >= 11 is 0. The number of ether oxygens (including phenoxy) is 2. The van der Waals surface area contributed by atoms with Crippen molar-refractivity contribution < 1.29 is 14.3 Å². The number of carbonyl (C=O) groups excluding carboxylic acids is 1. The van der Waals surface area contributed by atoms with E-state index < -0.39 is 0 Å². The molecule has 0 spiro atoms. The van der Waals surface area contributed by atoms with Gasteiger partial charge in [0.25, 0.3) is 5.91 Å². The highest BCUT2D eigenvalue weighted by Crippen LogP contribution is 2.32. The van der Waals surface area contributed by atoms with Crippen LogP contribution in [0.1, 0.15) is 35.2 Å². The first-order valence-electron chi connectivity index (χ1n) is 9.75. The van der Waals surface area contributed by atoms with E-state index in [1.54, 1.807) is 18.2 Å². The smallest absolute Gasteiger partial charge is 0.251 e. The van der Waals surface area contributed by atoms with Crippen LogP contribution in [-0.4, -0.2) is 43.3 Å². The molecule has 5 nitrogen and oxygen atoms in total. The van der Waals surface area contributed by atoms with Crippen molar-refractivity contribution in [3.8, 4) is 11.5 Å². The first-order chi connectivity index (χ1) is 13.3. The molecule has 0 saturated carbocycles. The predicted molar refractivity (Wildman–Crippen MR) is 104 cm³/mol. The van der Waals surface area contributed by atoms with E-state index in [0.29, 0.717) is 29.6 Å². The molecule has 1 amide bonds. The van der Waals surface area contributed by atoms with Crippen molar-refractivity contribution in [2.45, 2.75) is 31.7 Å². The third-order valence-electron chi connectivity index (χ3n) is 5.35. The maximum Gasteiger partial charge on any atom is 0.251 e. The monoisotopic (exact) mass is 366 g/mol. The van der Waals surface area contributed by atoms with Gasteiger partial charge in [0.15, 0.2) is 11.5 Å². The van der Waals surface area contributed by atoms with Crippen LogP contribution in [0.4, 0.5) is 0 Å². The number of likely N-dealkylation sites (tertiary alicyclic amines) is 1. The van der Waals surface area contributed by atoms with Crippen molar-refractivity contribution in [1.29, 1.82) is 0 Å². The Bertz CT molecular complexity index is 772. The zero-order valence-corrected chi connectivity index (χ0v) is 15.5. The highest BCUT2D eigenvalue weighted by molar-refractivity contribution is 5.94. The number of benzene rings is 2. The van der Waals surface area contributed by atoms with E-state index in [4.69, 9.17) is 9.47 Å². The van der Waals surface area contributed by atoms with E-state index in [2.05, 4.69) is 34.5 Å². The van der Waals surface area contributed by atoms with Crippen LogP contribution in [0.3, 0.4) is 0 Å². The summed E-state index contributed by atoms with van der Waals surface area (Å²) in [5, 5.41) is 3.13. The minimum Gasteiger partial charge on any atom is -0.454 e. The highest BCUT2D eigenvalue weighted by Gasteiger charge is 2.22. The Balaban J connectivity index is 1.42. The van der Waals surface area contributed by atoms with Gasteiger partial charge >= 0.3 is 0 Å². The van der Waals surface area contributed by atoms with Gasteiger partial charge in [0.2, 0.25) is 6.79 Å². The van der Waals surface area contributed by atoms with Crippen LogP contribution in [0, 0.1) is 0 Å². The zero-order chi connectivity index (χ0) is 18.5. The van der Waals surface area contributed by atoms with Gasteiger partial charge in [0, 0.05) is 18.2 Å². The SMILES string of the molecule is O=C(NCC(Cc1ccccc1)N1CCCCC1)c1ccc2c(c1)OCO2. The van der Waals surface area contributed by atoms with Crippen LogP contribution in [0.25, 0.3) is 0 Å². The fraction of sp³-hybridized carbons (Fsp3) is 0.409. The summed E-state index contributed by atoms with van der Waals surface area (Å²) in [6.07, 6.45) is 4.73. The molecule has 0 aliphatic carbocycles. The molecule has 1 atom stereocenters. The number of rotatable bonds is 6. The van der Waals surface area contributed by atoms with Crippen molar-refractivity contribution in [1.82, 2.24) is 10.2 Å². The summed E-state index contributed by atoms with van der Waals surface area (Å²) in [5.74, 6) is 1.27. The summed E-state index contributed by atoms with van der Waals surface area (Å²) in [6, 6.07) is 16.2. The van der Waals surface area contributed by atoms with E-state index >= 15 is 0 Å². The largest absolute Gasteiger partial charge is 0.454 e. The lowest BCUT2D eigenvalue weighted by Gasteiger charge is -2.35. The lowest BCUT2D eigenvalue weighted by molar-refractivity contribution is 0.0923. The van der Waals surface area contributed by atoms with Crippen LogP contribution in [-0.2, 0) is 6.42 Å². The molecule has 2 aromatic carbocycles. The molecule has 2 aliphatic heterocycles. The third kappa shape index (κ3) is 4.42. The van der Waals surface area contributed by atoms with Gasteiger partial charge in [0.1, 0.15) is 0 Å². The van der Waals surface area contributed by atoms with Crippen molar-refractivity contribution in [3.05, 3.63) is 59.7 Å². The van der Waals surface area contributed by atoms with Crippen molar-refractivity contribution in [2.75, 3.05) is 26.4 Å². The van der Waals surface area contributed by atoms with Gasteiger partial charge < -0.3 is 14.8 Å². The second-order valence-electron chi connectivity index (χ2n) is 7.22. The number of piperidine rings is 1. The lowest BCUT2D eigenvalue weighted by atomic mass is 10.0. The standard InChI is InChI=1S/C22H26N2O3/c25-22(18-9-10-20-21(14-18)27-16-26-20)23-15-19(24-11-5-2-6-12-24)13-17-7-3-1-4-8-17/h1,3-4,7-10,14,19H,2,5-6,11-13,15-16H2,(H,23,25). The summed E-state index contributed by atoms with van der Waals surface area (Å²) in [6.45, 7) is 3.07. The Hall–Kier alpha value is -2.53. The van der Waals surface area contributed by atoms with Crippen molar-refractivity contribution >= 4 is 5.91 Å². The molecule has 1 saturated heterocycles. The van der Waals surface area contributed by atoms with Gasteiger partial charge in [-0.1, -0.05) is 36.8 Å². The Kier molecular flexibility index (Phi) is 5.58. The number of nitrogens with one attached hydrogen (secondary N) is 1. The van der Waals surface area contributed by atoms with Gasteiger partial charge in [0.05, 0.1) is 0 Å². The van der Waals surface area contributed by atoms with Crippen LogP contribution >= 0.6 is 0 Å². The lowest BCUT2D eigenvalue weighted by Crippen LogP contribution is -2.47. The molecule has 0 radical (unpaired) electrons. The minimum atomic E-state index is -0.0663. The van der Waals surface area contributed by atoms with Gasteiger partial charge in [-0.05, 0) is 56.1 Å². The number of hydrogen-bond donors (Lipinski definition) is 1. The summed E-state index contributed by atoms with van der Waals surface area (Å²) in [7, 11) is 0. The van der Waals surface area contributed by atoms with Crippen LogP contribution in [0.15, 0.2) is 48.5 Å². The Labute approximate surface area is 160 Å². The molecule has 4 rings (SSSR count). The molecule has 1 unspecified atom stereocenters. The highest BCUT2D eigenvalue weighted by atomic mass is 16.7. The maximum atomic E-state index is 12.7. The van der Waals surface area contributed by atoms with Gasteiger partial charge in [-0.25, -0.2) is 0 Å². The van der Waals surface area contributed by atoms with Crippen molar-refractivity contribution in [2.24, 2.45) is 0 Å². The minimum absolute atomic E-state index is 0.0663. The summed E-state index contributed by atoms with van der Waals surface area (Å²) in [4.78, 5) is 15.2. The molecule has 2 heterocycles. The second-order valence-corrected chi connectivity index (χ2v) is 7.22. The van der Waals surface area contributed by atoms with Crippen LogP contribution < -0.4 is 14.8 Å². The molecule has 142 valence electrons. The summed E-state index contributed by atoms with van der Waals surface area (Å²) < 4.78 is 10.7. The number of hydrogen-bond acceptors (Lipinski definition) is 4. The predicted octanol–water partition coefficient (Wildman–Crippen LogP) is 3.24. The number of amides is 1. The first-order valence-corrected chi connectivity index (χ1v) is 9.75. The molecule has 2 aliphatic rings. The fourth-order valence-electron chi connectivity index (χ4n) is 3.85. The van der Waals surface area contributed by atoms with E-state index in [1.165, 1.54) is 24.8 Å². The molecule has 0 bridgehead atoms. The van der Waals surface area contributed by atoms with E-state index in [1.807, 2.05) is 6.07 Å². The molecule has 0 aromatic heterocycles. The average molecular weight is 366 g/mol. The topological polar surface area (TPSA) is 50.8 Å². The fourth-order valence-corrected chi connectivity index (χ4v) is 3.85. The van der Waals surface area contributed by atoms with Crippen LogP contribution in [0.2, 0.25) is 0 Å². The number of carbonyl (C=O) groups is 1. The second kappa shape index (κ2) is 8.44. The molecular formula is C22H26N2O3. The third-order valence-corrected chi connectivity index (χ3v) is 5.35. The Morgan fingerprint density at radius 3 is 2.59 bits per heavy atom. The van der Waals surface area contributed by atoms with E-state index in [0.717, 1.165) is 19.5 Å².